The van der Waals surface area contributed by atoms with Crippen LogP contribution >= 0.6 is 46.6 Å². The summed E-state index contributed by atoms with van der Waals surface area (Å²) in [6.07, 6.45) is 4.11. The van der Waals surface area contributed by atoms with Crippen molar-refractivity contribution in [2.45, 2.75) is 30.3 Å². The van der Waals surface area contributed by atoms with Gasteiger partial charge in [-0.1, -0.05) is 40.9 Å². The highest BCUT2D eigenvalue weighted by Gasteiger charge is 2.22. The van der Waals surface area contributed by atoms with Crippen LogP contribution in [0.25, 0.3) is 0 Å². The third-order valence-corrected chi connectivity index (χ3v) is 6.70. The number of likely N-dealkylation sites (tertiary alicyclic amines) is 1. The van der Waals surface area contributed by atoms with E-state index in [1.165, 1.54) is 0 Å². The van der Waals surface area contributed by atoms with Gasteiger partial charge in [-0.05, 0) is 31.2 Å². The summed E-state index contributed by atoms with van der Waals surface area (Å²) in [5.74, 6) is 0.770. The van der Waals surface area contributed by atoms with Crippen molar-refractivity contribution in [1.82, 2.24) is 9.88 Å². The molecule has 0 spiro atoms. The number of halogens is 3. The smallest absolute Gasteiger partial charge is 0.147 e. The van der Waals surface area contributed by atoms with Gasteiger partial charge in [-0.2, -0.15) is 0 Å². The number of hydrogen-bond acceptors (Lipinski definition) is 5. The van der Waals surface area contributed by atoms with Crippen LogP contribution in [0.15, 0.2) is 29.2 Å². The molecule has 0 aliphatic carbocycles. The highest BCUT2D eigenvalue weighted by molar-refractivity contribution is 7.98. The van der Waals surface area contributed by atoms with Gasteiger partial charge >= 0.3 is 0 Å². The average Bonchev–Trinajstić information content (AvgIpc) is 2.66. The Hall–Kier alpha value is -0.850. The number of nitrogens with zero attached hydrogens (tertiary/aromatic N) is 2. The van der Waals surface area contributed by atoms with E-state index in [0.29, 0.717) is 11.2 Å². The highest BCUT2D eigenvalue weighted by Crippen LogP contribution is 2.35. The fourth-order valence-electron chi connectivity index (χ4n) is 3.29. The minimum atomic E-state index is 0.400. The van der Waals surface area contributed by atoms with Crippen LogP contribution in [0, 0.1) is 0 Å². The summed E-state index contributed by atoms with van der Waals surface area (Å²) in [4.78, 5) is 7.74. The Morgan fingerprint density at radius 1 is 1.19 bits per heavy atom. The molecule has 0 saturated carbocycles. The second-order valence-electron chi connectivity index (χ2n) is 6.52. The van der Waals surface area contributed by atoms with Crippen LogP contribution in [-0.4, -0.2) is 42.3 Å². The third-order valence-electron chi connectivity index (χ3n) is 4.78. The molecule has 0 bridgehead atoms. The monoisotopic (exact) mass is 444 g/mol. The van der Waals surface area contributed by atoms with Gasteiger partial charge in [0.1, 0.15) is 11.0 Å². The molecule has 1 fully saturated rings. The molecular formula is C19H23Cl3N4S. The molecule has 1 aromatic carbocycles. The van der Waals surface area contributed by atoms with E-state index in [9.17, 15) is 0 Å². The van der Waals surface area contributed by atoms with E-state index < -0.39 is 0 Å². The summed E-state index contributed by atoms with van der Waals surface area (Å²) in [7, 11) is 1.85. The lowest BCUT2D eigenvalue weighted by atomic mass is 10.0. The summed E-state index contributed by atoms with van der Waals surface area (Å²) >= 11 is 20.6. The predicted octanol–water partition coefficient (Wildman–Crippen LogP) is 5.88. The Balaban J connectivity index is 1.62. The average molecular weight is 446 g/mol. The Labute approximate surface area is 180 Å². The molecule has 2 N–H and O–H groups in total. The molecule has 1 saturated heterocycles. The molecule has 2 aromatic rings. The van der Waals surface area contributed by atoms with Gasteiger partial charge in [-0.3, -0.25) is 4.90 Å². The van der Waals surface area contributed by atoms with Crippen molar-refractivity contribution in [3.05, 3.63) is 45.0 Å². The lowest BCUT2D eigenvalue weighted by Crippen LogP contribution is -2.38. The summed E-state index contributed by atoms with van der Waals surface area (Å²) in [6.45, 7) is 2.77. The van der Waals surface area contributed by atoms with E-state index in [0.717, 1.165) is 64.5 Å². The SMILES string of the molecule is CNc1cc(NC2CCN(Cc3c(Cl)cccc3Cl)CC2)c(SC)c(Cl)n1. The van der Waals surface area contributed by atoms with Gasteiger partial charge in [-0.25, -0.2) is 4.98 Å². The van der Waals surface area contributed by atoms with E-state index in [-0.39, 0.29) is 0 Å². The molecule has 1 aliphatic heterocycles. The Kier molecular flexibility index (Phi) is 7.40. The third kappa shape index (κ3) is 5.15. The maximum atomic E-state index is 6.33. The molecule has 0 atom stereocenters. The van der Waals surface area contributed by atoms with E-state index in [1.54, 1.807) is 11.8 Å². The number of hydrogen-bond donors (Lipinski definition) is 2. The molecule has 0 unspecified atom stereocenters. The Morgan fingerprint density at radius 3 is 2.44 bits per heavy atom. The zero-order chi connectivity index (χ0) is 19.4. The molecule has 0 amide bonds. The molecule has 1 aromatic heterocycles. The molecule has 8 heteroatoms. The van der Waals surface area contributed by atoms with E-state index in [1.807, 2.05) is 37.6 Å². The summed E-state index contributed by atoms with van der Waals surface area (Å²) in [5, 5.41) is 8.72. The Bertz CT molecular complexity index is 775. The molecule has 0 radical (unpaired) electrons. The van der Waals surface area contributed by atoms with Gasteiger partial charge in [0.05, 0.1) is 10.6 Å². The van der Waals surface area contributed by atoms with Crippen molar-refractivity contribution in [2.75, 3.05) is 37.0 Å². The number of anilines is 2. The van der Waals surface area contributed by atoms with Crippen LogP contribution in [0.3, 0.4) is 0 Å². The van der Waals surface area contributed by atoms with Crippen molar-refractivity contribution in [3.63, 3.8) is 0 Å². The molecule has 27 heavy (non-hydrogen) atoms. The molecular weight excluding hydrogens is 423 g/mol. The van der Waals surface area contributed by atoms with Gasteiger partial charge in [0.15, 0.2) is 0 Å². The minimum Gasteiger partial charge on any atom is -0.381 e. The first-order valence-corrected chi connectivity index (χ1v) is 11.2. The maximum Gasteiger partial charge on any atom is 0.147 e. The summed E-state index contributed by atoms with van der Waals surface area (Å²) in [5.41, 5.74) is 2.05. The quantitative estimate of drug-likeness (QED) is 0.429. The number of benzene rings is 1. The molecule has 1 aliphatic rings. The molecule has 4 nitrogen and oxygen atoms in total. The van der Waals surface area contributed by atoms with Crippen molar-refractivity contribution >= 4 is 58.1 Å². The van der Waals surface area contributed by atoms with Gasteiger partial charge < -0.3 is 10.6 Å². The largest absolute Gasteiger partial charge is 0.381 e. The first-order valence-electron chi connectivity index (χ1n) is 8.86. The standard InChI is InChI=1S/C19H23Cl3N4S/c1-23-17-10-16(18(27-2)19(22)25-17)24-12-6-8-26(9-7-12)11-13-14(20)4-3-5-15(13)21/h3-5,10,12H,6-9,11H2,1-2H3,(H2,23,24,25). The summed E-state index contributed by atoms with van der Waals surface area (Å²) in [6, 6.07) is 8.10. The highest BCUT2D eigenvalue weighted by atomic mass is 35.5. The second-order valence-corrected chi connectivity index (χ2v) is 8.51. The van der Waals surface area contributed by atoms with Crippen molar-refractivity contribution in [3.8, 4) is 0 Å². The van der Waals surface area contributed by atoms with Gasteiger partial charge in [0.2, 0.25) is 0 Å². The van der Waals surface area contributed by atoms with Gasteiger partial charge in [0.25, 0.3) is 0 Å². The fraction of sp³-hybridized carbons (Fsp3) is 0.421. The van der Waals surface area contributed by atoms with Crippen molar-refractivity contribution < 1.29 is 0 Å². The van der Waals surface area contributed by atoms with Crippen molar-refractivity contribution in [1.29, 1.82) is 0 Å². The van der Waals surface area contributed by atoms with Crippen LogP contribution in [0.4, 0.5) is 11.5 Å². The Morgan fingerprint density at radius 2 is 1.85 bits per heavy atom. The van der Waals surface area contributed by atoms with Crippen LogP contribution < -0.4 is 10.6 Å². The number of rotatable bonds is 6. The van der Waals surface area contributed by atoms with Crippen LogP contribution in [-0.2, 0) is 6.54 Å². The zero-order valence-electron chi connectivity index (χ0n) is 15.4. The number of nitrogens with one attached hydrogen (secondary N) is 2. The number of aromatic nitrogens is 1. The molecule has 2 heterocycles. The fourth-order valence-corrected chi connectivity index (χ4v) is 4.79. The molecule has 146 valence electrons. The number of pyridine rings is 1. The minimum absolute atomic E-state index is 0.400. The van der Waals surface area contributed by atoms with Crippen LogP contribution in [0.2, 0.25) is 15.2 Å². The van der Waals surface area contributed by atoms with E-state index in [2.05, 4.69) is 20.5 Å². The van der Waals surface area contributed by atoms with E-state index in [4.69, 9.17) is 34.8 Å². The van der Waals surface area contributed by atoms with Crippen LogP contribution in [0.1, 0.15) is 18.4 Å². The van der Waals surface area contributed by atoms with E-state index >= 15 is 0 Å². The van der Waals surface area contributed by atoms with Crippen LogP contribution in [0.5, 0.6) is 0 Å². The van der Waals surface area contributed by atoms with Gasteiger partial charge in [-0.15, -0.1) is 11.8 Å². The lowest BCUT2D eigenvalue weighted by molar-refractivity contribution is 0.211. The van der Waals surface area contributed by atoms with Gasteiger partial charge in [0, 0.05) is 54.4 Å². The maximum absolute atomic E-state index is 6.33. The summed E-state index contributed by atoms with van der Waals surface area (Å²) < 4.78 is 0. The lowest BCUT2D eigenvalue weighted by Gasteiger charge is -2.33. The second kappa shape index (κ2) is 9.57. The first-order chi connectivity index (χ1) is 13.0. The zero-order valence-corrected chi connectivity index (χ0v) is 18.4. The normalized spacial score (nSPS) is 15.7. The first kappa shape index (κ1) is 20.9. The topological polar surface area (TPSA) is 40.2 Å². The number of piperidine rings is 1. The number of thioether (sulfide) groups is 1. The van der Waals surface area contributed by atoms with Crippen molar-refractivity contribution in [2.24, 2.45) is 0 Å². The predicted molar refractivity (Wildman–Crippen MR) is 119 cm³/mol. The molecule has 3 rings (SSSR count).